The number of rotatable bonds is 3. The number of amides is 1. The lowest BCUT2D eigenvalue weighted by molar-refractivity contribution is -0.141. The minimum absolute atomic E-state index is 0.117. The smallest absolute Gasteiger partial charge is 0.344 e. The number of aromatic nitrogens is 5. The van der Waals surface area contributed by atoms with Gasteiger partial charge in [-0.3, -0.25) is 4.79 Å². The molecule has 3 aromatic rings. The van der Waals surface area contributed by atoms with Gasteiger partial charge in [0.1, 0.15) is 11.4 Å². The van der Waals surface area contributed by atoms with Crippen LogP contribution in [0.5, 0.6) is 0 Å². The Hall–Kier alpha value is -3.24. The maximum atomic E-state index is 12.7. The molecule has 0 radical (unpaired) electrons. The average Bonchev–Trinajstić information content (AvgIpc) is 3.28. The molecule has 1 atom stereocenters. The zero-order valence-corrected chi connectivity index (χ0v) is 14.7. The molecule has 3 aromatic heterocycles. The van der Waals surface area contributed by atoms with E-state index in [-0.39, 0.29) is 11.7 Å². The summed E-state index contributed by atoms with van der Waals surface area (Å²) in [6.07, 6.45) is 0.445. The Balaban J connectivity index is 1.59. The largest absolute Gasteiger partial charge is 0.433 e. The molecule has 0 bridgehead atoms. The van der Waals surface area contributed by atoms with E-state index in [0.29, 0.717) is 24.2 Å². The van der Waals surface area contributed by atoms with Gasteiger partial charge in [0.2, 0.25) is 0 Å². The molecule has 3 heterocycles. The number of aryl methyl sites for hydroxylation is 1. The molecule has 1 amide bonds. The van der Waals surface area contributed by atoms with Gasteiger partial charge < -0.3 is 5.32 Å². The summed E-state index contributed by atoms with van der Waals surface area (Å²) in [4.78, 5) is 15.9. The van der Waals surface area contributed by atoms with Gasteiger partial charge in [-0.2, -0.15) is 18.3 Å². The van der Waals surface area contributed by atoms with E-state index in [4.69, 9.17) is 0 Å². The number of alkyl halides is 3. The lowest BCUT2D eigenvalue weighted by Crippen LogP contribution is -2.31. The van der Waals surface area contributed by atoms with E-state index in [9.17, 15) is 18.0 Å². The van der Waals surface area contributed by atoms with Gasteiger partial charge in [-0.25, -0.2) is 14.3 Å². The topological polar surface area (TPSA) is 98.7 Å². The second-order valence-electron chi connectivity index (χ2n) is 6.47. The fraction of sp³-hybridized carbons (Fsp3) is 0.353. The van der Waals surface area contributed by atoms with Gasteiger partial charge in [-0.05, 0) is 43.5 Å². The highest BCUT2D eigenvalue weighted by atomic mass is 19.4. The van der Waals surface area contributed by atoms with E-state index in [2.05, 4.69) is 30.3 Å². The van der Waals surface area contributed by atoms with Crippen molar-refractivity contribution in [2.75, 3.05) is 0 Å². The highest BCUT2D eigenvalue weighted by molar-refractivity contribution is 5.93. The van der Waals surface area contributed by atoms with Crippen LogP contribution in [0.2, 0.25) is 0 Å². The third-order valence-corrected chi connectivity index (χ3v) is 4.64. The molecule has 0 spiro atoms. The molecule has 1 N–H and O–H groups in total. The summed E-state index contributed by atoms with van der Waals surface area (Å²) in [7, 11) is 0. The van der Waals surface area contributed by atoms with Crippen LogP contribution in [-0.4, -0.2) is 31.0 Å². The zero-order chi connectivity index (χ0) is 19.9. The van der Waals surface area contributed by atoms with Crippen molar-refractivity contribution in [2.45, 2.75) is 38.4 Å². The van der Waals surface area contributed by atoms with Crippen LogP contribution >= 0.6 is 0 Å². The van der Waals surface area contributed by atoms with Gasteiger partial charge in [-0.1, -0.05) is 5.16 Å². The fourth-order valence-electron chi connectivity index (χ4n) is 3.27. The Morgan fingerprint density at radius 3 is 2.75 bits per heavy atom. The molecule has 0 aromatic carbocycles. The Bertz CT molecular complexity index is 1010. The fourth-order valence-corrected chi connectivity index (χ4v) is 3.27. The molecule has 0 saturated heterocycles. The van der Waals surface area contributed by atoms with E-state index < -0.39 is 17.8 Å². The van der Waals surface area contributed by atoms with Crippen LogP contribution in [0.1, 0.15) is 52.0 Å². The third kappa shape index (κ3) is 3.23. The Morgan fingerprint density at radius 1 is 1.29 bits per heavy atom. The van der Waals surface area contributed by atoms with E-state index in [1.165, 1.54) is 6.07 Å². The van der Waals surface area contributed by atoms with Gasteiger partial charge in [0, 0.05) is 11.3 Å². The van der Waals surface area contributed by atoms with Crippen molar-refractivity contribution in [2.24, 2.45) is 0 Å². The lowest BCUT2D eigenvalue weighted by atomic mass is 9.92. The summed E-state index contributed by atoms with van der Waals surface area (Å²) in [5.74, 6) is -0.402. The van der Waals surface area contributed by atoms with Crippen molar-refractivity contribution < 1.29 is 22.6 Å². The van der Waals surface area contributed by atoms with Crippen LogP contribution in [-0.2, 0) is 12.6 Å². The van der Waals surface area contributed by atoms with E-state index in [1.807, 2.05) is 0 Å². The number of halogens is 3. The molecule has 8 nitrogen and oxygen atoms in total. The summed E-state index contributed by atoms with van der Waals surface area (Å²) >= 11 is 0. The predicted octanol–water partition coefficient (Wildman–Crippen LogP) is 2.78. The number of carbonyl (C=O) groups is 1. The summed E-state index contributed by atoms with van der Waals surface area (Å²) < 4.78 is 44.3. The average molecular weight is 392 g/mol. The third-order valence-electron chi connectivity index (χ3n) is 4.64. The monoisotopic (exact) mass is 392 g/mol. The van der Waals surface area contributed by atoms with Crippen LogP contribution in [0, 0.1) is 6.92 Å². The van der Waals surface area contributed by atoms with Crippen molar-refractivity contribution in [3.8, 4) is 5.69 Å². The first-order chi connectivity index (χ1) is 13.3. The van der Waals surface area contributed by atoms with E-state index in [1.54, 1.807) is 17.8 Å². The second-order valence-corrected chi connectivity index (χ2v) is 6.47. The van der Waals surface area contributed by atoms with Crippen LogP contribution in [0.4, 0.5) is 13.2 Å². The summed E-state index contributed by atoms with van der Waals surface area (Å²) in [5.41, 5.74) is 1.62. The Morgan fingerprint density at radius 2 is 2.11 bits per heavy atom. The molecule has 1 aliphatic carbocycles. The summed E-state index contributed by atoms with van der Waals surface area (Å²) in [6, 6.07) is 1.96. The molecule has 0 fully saturated rings. The van der Waals surface area contributed by atoms with Crippen LogP contribution < -0.4 is 5.32 Å². The molecule has 28 heavy (non-hydrogen) atoms. The molecular weight excluding hydrogens is 377 g/mol. The summed E-state index contributed by atoms with van der Waals surface area (Å²) in [5, 5.41) is 14.4. The van der Waals surface area contributed by atoms with E-state index in [0.717, 1.165) is 29.9 Å². The van der Waals surface area contributed by atoms with E-state index >= 15 is 0 Å². The van der Waals surface area contributed by atoms with Crippen molar-refractivity contribution in [3.63, 3.8) is 0 Å². The molecule has 0 aliphatic heterocycles. The number of hydrogen-bond donors (Lipinski definition) is 1. The standard InChI is InChI=1S/C17H15F3N6O2/c1-9-15(25-28-24-9)16(27)23-12-3-2-4-13-11(12)8-22-26(13)10-5-6-14(21-7-10)17(18,19)20/h5-8,12H,2-4H2,1H3,(H,23,27). The van der Waals surface area contributed by atoms with Gasteiger partial charge in [0.05, 0.1) is 24.1 Å². The van der Waals surface area contributed by atoms with Crippen LogP contribution in [0.3, 0.4) is 0 Å². The molecule has 0 saturated carbocycles. The van der Waals surface area contributed by atoms with Crippen LogP contribution in [0.15, 0.2) is 29.2 Å². The summed E-state index contributed by atoms with van der Waals surface area (Å²) in [6.45, 7) is 1.62. The van der Waals surface area contributed by atoms with Gasteiger partial charge in [0.15, 0.2) is 5.69 Å². The first kappa shape index (κ1) is 18.1. The number of fused-ring (bicyclic) bond motifs is 1. The maximum absolute atomic E-state index is 12.7. The molecule has 1 unspecified atom stereocenters. The molecular formula is C17H15F3N6O2. The van der Waals surface area contributed by atoms with Gasteiger partial charge >= 0.3 is 6.18 Å². The normalized spacial score (nSPS) is 16.6. The molecule has 1 aliphatic rings. The zero-order valence-electron chi connectivity index (χ0n) is 14.7. The minimum Gasteiger partial charge on any atom is -0.344 e. The second kappa shape index (κ2) is 6.73. The van der Waals surface area contributed by atoms with Crippen molar-refractivity contribution in [3.05, 3.63) is 52.9 Å². The first-order valence-corrected chi connectivity index (χ1v) is 8.55. The van der Waals surface area contributed by atoms with Crippen molar-refractivity contribution in [1.82, 2.24) is 30.4 Å². The lowest BCUT2D eigenvalue weighted by Gasteiger charge is -2.24. The Kier molecular flexibility index (Phi) is 4.36. The number of nitrogens with one attached hydrogen (secondary N) is 1. The molecule has 4 rings (SSSR count). The van der Waals surface area contributed by atoms with Crippen molar-refractivity contribution in [1.29, 1.82) is 0 Å². The molecule has 146 valence electrons. The number of pyridine rings is 1. The quantitative estimate of drug-likeness (QED) is 0.736. The SMILES string of the molecule is Cc1nonc1C(=O)NC1CCCc2c1cnn2-c1ccc(C(F)(F)F)nc1. The number of hydrogen-bond acceptors (Lipinski definition) is 6. The highest BCUT2D eigenvalue weighted by Gasteiger charge is 2.32. The predicted molar refractivity (Wildman–Crippen MR) is 88.5 cm³/mol. The minimum atomic E-state index is -4.49. The number of carbonyl (C=O) groups excluding carboxylic acids is 1. The van der Waals surface area contributed by atoms with Crippen LogP contribution in [0.25, 0.3) is 5.69 Å². The molecule has 11 heteroatoms. The van der Waals surface area contributed by atoms with Gasteiger partial charge in [0.25, 0.3) is 5.91 Å². The van der Waals surface area contributed by atoms with Crippen molar-refractivity contribution >= 4 is 5.91 Å². The Labute approximate surface area is 156 Å². The highest BCUT2D eigenvalue weighted by Crippen LogP contribution is 2.32. The van der Waals surface area contributed by atoms with Gasteiger partial charge in [-0.15, -0.1) is 0 Å². The maximum Gasteiger partial charge on any atom is 0.433 e. The first-order valence-electron chi connectivity index (χ1n) is 8.55. The number of nitrogens with zero attached hydrogens (tertiary/aromatic N) is 5.